The molecule has 82 valence electrons. The van der Waals surface area contributed by atoms with Crippen molar-refractivity contribution in [1.82, 2.24) is 4.90 Å². The molecule has 1 heterocycles. The molecule has 0 aromatic heterocycles. The van der Waals surface area contributed by atoms with Gasteiger partial charge in [0.15, 0.2) is 0 Å². The van der Waals surface area contributed by atoms with Crippen molar-refractivity contribution in [3.05, 3.63) is 0 Å². The molecule has 2 nitrogen and oxygen atoms in total. The van der Waals surface area contributed by atoms with Gasteiger partial charge in [-0.2, -0.15) is 0 Å². The van der Waals surface area contributed by atoms with Gasteiger partial charge in [0.25, 0.3) is 0 Å². The highest BCUT2D eigenvalue weighted by Crippen LogP contribution is 2.14. The van der Waals surface area contributed by atoms with Crippen molar-refractivity contribution >= 4 is 17.2 Å². The van der Waals surface area contributed by atoms with Crippen LogP contribution in [0, 0.1) is 5.92 Å². The Morgan fingerprint density at radius 3 is 2.43 bits per heavy atom. The molecule has 0 saturated carbocycles. The third kappa shape index (κ3) is 2.92. The SMILES string of the molecule is CCC(C)C(N)C(=S)N1CCCCC1. The summed E-state index contributed by atoms with van der Waals surface area (Å²) in [7, 11) is 0. The Morgan fingerprint density at radius 2 is 1.93 bits per heavy atom. The van der Waals surface area contributed by atoms with Crippen LogP contribution >= 0.6 is 12.2 Å². The molecule has 2 atom stereocenters. The molecule has 1 aliphatic rings. The Kier molecular flexibility index (Phi) is 4.82. The van der Waals surface area contributed by atoms with Crippen molar-refractivity contribution in [1.29, 1.82) is 0 Å². The predicted molar refractivity (Wildman–Crippen MR) is 65.5 cm³/mol. The summed E-state index contributed by atoms with van der Waals surface area (Å²) in [6, 6.07) is 0.0769. The Labute approximate surface area is 92.8 Å². The molecule has 1 saturated heterocycles. The highest BCUT2D eigenvalue weighted by Gasteiger charge is 2.22. The second-order valence-corrected chi connectivity index (χ2v) is 4.72. The molecule has 0 bridgehead atoms. The van der Waals surface area contributed by atoms with E-state index in [9.17, 15) is 0 Å². The first-order chi connectivity index (χ1) is 6.66. The fourth-order valence-corrected chi connectivity index (χ4v) is 2.24. The van der Waals surface area contributed by atoms with Crippen molar-refractivity contribution in [2.75, 3.05) is 13.1 Å². The number of hydrogen-bond donors (Lipinski definition) is 1. The summed E-state index contributed by atoms with van der Waals surface area (Å²) >= 11 is 5.44. The second kappa shape index (κ2) is 5.66. The monoisotopic (exact) mass is 214 g/mol. The van der Waals surface area contributed by atoms with Crippen LogP contribution in [0.15, 0.2) is 0 Å². The molecule has 3 heteroatoms. The highest BCUT2D eigenvalue weighted by molar-refractivity contribution is 7.80. The van der Waals surface area contributed by atoms with Gasteiger partial charge in [0.05, 0.1) is 11.0 Å². The van der Waals surface area contributed by atoms with Crippen molar-refractivity contribution in [2.45, 2.75) is 45.6 Å². The number of thiocarbonyl (C=S) groups is 1. The number of rotatable bonds is 3. The largest absolute Gasteiger partial charge is 0.365 e. The number of likely N-dealkylation sites (tertiary alicyclic amines) is 1. The summed E-state index contributed by atoms with van der Waals surface area (Å²) in [4.78, 5) is 3.29. The molecule has 1 fully saturated rings. The molecule has 0 aromatic rings. The van der Waals surface area contributed by atoms with Gasteiger partial charge in [-0.15, -0.1) is 0 Å². The van der Waals surface area contributed by atoms with E-state index in [1.54, 1.807) is 0 Å². The van der Waals surface area contributed by atoms with Crippen LogP contribution in [-0.4, -0.2) is 29.0 Å². The van der Waals surface area contributed by atoms with Gasteiger partial charge >= 0.3 is 0 Å². The van der Waals surface area contributed by atoms with Gasteiger partial charge in [0, 0.05) is 13.1 Å². The third-order valence-corrected chi connectivity index (χ3v) is 3.74. The van der Waals surface area contributed by atoms with E-state index in [0.717, 1.165) is 24.5 Å². The summed E-state index contributed by atoms with van der Waals surface area (Å²) in [5, 5.41) is 0. The quantitative estimate of drug-likeness (QED) is 0.730. The minimum Gasteiger partial charge on any atom is -0.365 e. The first-order valence-corrected chi connectivity index (χ1v) is 6.12. The van der Waals surface area contributed by atoms with E-state index in [-0.39, 0.29) is 6.04 Å². The topological polar surface area (TPSA) is 29.3 Å². The van der Waals surface area contributed by atoms with Crippen molar-refractivity contribution in [2.24, 2.45) is 11.7 Å². The first kappa shape index (κ1) is 11.9. The van der Waals surface area contributed by atoms with Gasteiger partial charge in [-0.05, 0) is 25.2 Å². The van der Waals surface area contributed by atoms with E-state index < -0.39 is 0 Å². The lowest BCUT2D eigenvalue weighted by Gasteiger charge is -2.33. The maximum Gasteiger partial charge on any atom is 0.0952 e. The second-order valence-electron chi connectivity index (χ2n) is 4.30. The fraction of sp³-hybridized carbons (Fsp3) is 0.909. The van der Waals surface area contributed by atoms with Crippen LogP contribution in [0.5, 0.6) is 0 Å². The van der Waals surface area contributed by atoms with E-state index in [0.29, 0.717) is 5.92 Å². The lowest BCUT2D eigenvalue weighted by atomic mass is 9.98. The van der Waals surface area contributed by atoms with Crippen LogP contribution in [0.3, 0.4) is 0 Å². The summed E-state index contributed by atoms with van der Waals surface area (Å²) in [6.45, 7) is 6.58. The fourth-order valence-electron chi connectivity index (χ4n) is 1.82. The van der Waals surface area contributed by atoms with E-state index in [1.165, 1.54) is 19.3 Å². The standard InChI is InChI=1S/C11H22N2S/c1-3-9(2)10(12)11(14)13-7-5-4-6-8-13/h9-10H,3-8,12H2,1-2H3. The Morgan fingerprint density at radius 1 is 1.36 bits per heavy atom. The van der Waals surface area contributed by atoms with Gasteiger partial charge in [0.1, 0.15) is 0 Å². The zero-order valence-corrected chi connectivity index (χ0v) is 10.1. The summed E-state index contributed by atoms with van der Waals surface area (Å²) in [5.41, 5.74) is 6.12. The molecule has 0 amide bonds. The Bertz CT molecular complexity index is 184. The van der Waals surface area contributed by atoms with E-state index in [2.05, 4.69) is 18.7 Å². The number of piperidine rings is 1. The van der Waals surface area contributed by atoms with Gasteiger partial charge < -0.3 is 10.6 Å². The van der Waals surface area contributed by atoms with E-state index in [4.69, 9.17) is 18.0 Å². The maximum atomic E-state index is 6.12. The van der Waals surface area contributed by atoms with Gasteiger partial charge in [-0.25, -0.2) is 0 Å². The molecule has 2 N–H and O–H groups in total. The predicted octanol–water partition coefficient (Wildman–Crippen LogP) is 2.17. The van der Waals surface area contributed by atoms with Crippen LogP contribution in [0.25, 0.3) is 0 Å². The number of hydrogen-bond acceptors (Lipinski definition) is 2. The van der Waals surface area contributed by atoms with Crippen molar-refractivity contribution in [3.63, 3.8) is 0 Å². The van der Waals surface area contributed by atoms with Crippen LogP contribution in [0.4, 0.5) is 0 Å². The van der Waals surface area contributed by atoms with Crippen LogP contribution < -0.4 is 5.73 Å². The van der Waals surface area contributed by atoms with Crippen LogP contribution in [0.2, 0.25) is 0 Å². The van der Waals surface area contributed by atoms with Crippen molar-refractivity contribution in [3.8, 4) is 0 Å². The van der Waals surface area contributed by atoms with Gasteiger partial charge in [0.2, 0.25) is 0 Å². The normalized spacial score (nSPS) is 21.8. The van der Waals surface area contributed by atoms with Crippen molar-refractivity contribution < 1.29 is 0 Å². The minimum atomic E-state index is 0.0769. The lowest BCUT2D eigenvalue weighted by molar-refractivity contribution is 0.330. The van der Waals surface area contributed by atoms with Gasteiger partial charge in [-0.1, -0.05) is 32.5 Å². The zero-order valence-electron chi connectivity index (χ0n) is 9.33. The van der Waals surface area contributed by atoms with Crippen LogP contribution in [0.1, 0.15) is 39.5 Å². The lowest BCUT2D eigenvalue weighted by Crippen LogP contribution is -2.47. The maximum absolute atomic E-state index is 6.12. The molecule has 0 radical (unpaired) electrons. The minimum absolute atomic E-state index is 0.0769. The molecular weight excluding hydrogens is 192 g/mol. The zero-order chi connectivity index (χ0) is 10.6. The molecule has 1 aliphatic heterocycles. The molecular formula is C11H22N2S. The summed E-state index contributed by atoms with van der Waals surface area (Å²) < 4.78 is 0. The average molecular weight is 214 g/mol. The Hall–Kier alpha value is -0.150. The van der Waals surface area contributed by atoms with Gasteiger partial charge in [-0.3, -0.25) is 0 Å². The molecule has 0 spiro atoms. The van der Waals surface area contributed by atoms with E-state index >= 15 is 0 Å². The summed E-state index contributed by atoms with van der Waals surface area (Å²) in [6.07, 6.45) is 4.99. The molecule has 14 heavy (non-hydrogen) atoms. The smallest absolute Gasteiger partial charge is 0.0952 e. The molecule has 0 aromatic carbocycles. The first-order valence-electron chi connectivity index (χ1n) is 5.71. The van der Waals surface area contributed by atoms with Crippen LogP contribution in [-0.2, 0) is 0 Å². The molecule has 1 rings (SSSR count). The highest BCUT2D eigenvalue weighted by atomic mass is 32.1. The summed E-state index contributed by atoms with van der Waals surface area (Å²) in [5.74, 6) is 0.504. The van der Waals surface area contributed by atoms with E-state index in [1.807, 2.05) is 0 Å². The number of nitrogens with two attached hydrogens (primary N) is 1. The Balaban J connectivity index is 2.46. The average Bonchev–Trinajstić information content (AvgIpc) is 2.27. The number of nitrogens with zero attached hydrogens (tertiary/aromatic N) is 1. The third-order valence-electron chi connectivity index (χ3n) is 3.21. The molecule has 0 aliphatic carbocycles. The molecule has 2 unspecified atom stereocenters.